The number of hydrogen-bond donors (Lipinski definition) is 8. The molecule has 0 aliphatic heterocycles. The maximum atomic E-state index is 13.2. The lowest BCUT2D eigenvalue weighted by molar-refractivity contribution is -0.142. The number of nitrogens with one attached hydrogen (secondary N) is 4. The van der Waals surface area contributed by atoms with Crippen molar-refractivity contribution >= 4 is 59.9 Å². The van der Waals surface area contributed by atoms with Crippen LogP contribution in [0.25, 0.3) is 10.9 Å². The van der Waals surface area contributed by atoms with Crippen LogP contribution in [0.4, 0.5) is 0 Å². The van der Waals surface area contributed by atoms with Crippen LogP contribution in [0, 0.1) is 5.92 Å². The average molecular weight is 524 g/mol. The van der Waals surface area contributed by atoms with E-state index in [-0.39, 0.29) is 30.3 Å². The number of aliphatic carboxylic acids is 1. The van der Waals surface area contributed by atoms with Crippen LogP contribution >= 0.6 is 25.3 Å². The summed E-state index contributed by atoms with van der Waals surface area (Å²) in [7, 11) is 0. The Morgan fingerprint density at radius 2 is 1.54 bits per heavy atom. The summed E-state index contributed by atoms with van der Waals surface area (Å²) in [4.78, 5) is 53.1. The fraction of sp³-hybridized carbons (Fsp3) is 0.478. The van der Waals surface area contributed by atoms with Crippen molar-refractivity contribution < 1.29 is 24.3 Å². The molecule has 0 aliphatic rings. The molecule has 0 spiro atoms. The SMILES string of the molecule is CC(C)CC(NC(=O)C(Cc1c[nH]c2ccccc12)NC(=O)C(CS)NC(=O)C(N)CS)C(=O)O. The Morgan fingerprint density at radius 3 is 2.14 bits per heavy atom. The number of aromatic nitrogens is 1. The first kappa shape index (κ1) is 28.5. The van der Waals surface area contributed by atoms with Gasteiger partial charge in [-0.2, -0.15) is 25.3 Å². The van der Waals surface area contributed by atoms with Gasteiger partial charge in [0.25, 0.3) is 0 Å². The zero-order valence-corrected chi connectivity index (χ0v) is 21.4. The lowest BCUT2D eigenvalue weighted by atomic mass is 10.0. The molecular formula is C23H33N5O5S2. The average Bonchev–Trinajstić information content (AvgIpc) is 3.23. The third-order valence-corrected chi connectivity index (χ3v) is 6.16. The summed E-state index contributed by atoms with van der Waals surface area (Å²) in [6.45, 7) is 3.70. The van der Waals surface area contributed by atoms with Crippen LogP contribution in [-0.2, 0) is 25.6 Å². The molecule has 2 rings (SSSR count). The van der Waals surface area contributed by atoms with Gasteiger partial charge in [0.15, 0.2) is 0 Å². The van der Waals surface area contributed by atoms with Gasteiger partial charge < -0.3 is 31.8 Å². The standard InChI is InChI=1S/C23H33N5O5S2/c1-12(2)7-18(23(32)33)27-21(30)17(8-13-9-25-16-6-4-3-5-14(13)16)26-22(31)19(11-35)28-20(29)15(24)10-34/h3-6,9,12,15,17-19,25,34-35H,7-8,10-11,24H2,1-2H3,(H,26,31)(H,27,30)(H,28,29)(H,32,33). The maximum Gasteiger partial charge on any atom is 0.326 e. The molecule has 2 aromatic rings. The van der Waals surface area contributed by atoms with Gasteiger partial charge in [-0.25, -0.2) is 4.79 Å². The minimum atomic E-state index is -1.16. The highest BCUT2D eigenvalue weighted by Crippen LogP contribution is 2.19. The maximum absolute atomic E-state index is 13.2. The number of carbonyl (C=O) groups is 4. The zero-order valence-electron chi connectivity index (χ0n) is 19.7. The van der Waals surface area contributed by atoms with Crippen molar-refractivity contribution in [2.45, 2.75) is 50.9 Å². The van der Waals surface area contributed by atoms with Gasteiger partial charge in [-0.05, 0) is 24.0 Å². The summed E-state index contributed by atoms with van der Waals surface area (Å²) >= 11 is 8.12. The van der Waals surface area contributed by atoms with Gasteiger partial charge in [0, 0.05) is 35.0 Å². The predicted molar refractivity (Wildman–Crippen MR) is 141 cm³/mol. The number of amides is 3. The molecule has 0 saturated heterocycles. The number of rotatable bonds is 13. The highest BCUT2D eigenvalue weighted by molar-refractivity contribution is 7.80. The van der Waals surface area contributed by atoms with E-state index in [4.69, 9.17) is 5.73 Å². The van der Waals surface area contributed by atoms with Gasteiger partial charge in [-0.15, -0.1) is 0 Å². The number of nitrogens with two attached hydrogens (primary N) is 1. The van der Waals surface area contributed by atoms with Gasteiger partial charge >= 0.3 is 5.97 Å². The molecule has 192 valence electrons. The summed E-state index contributed by atoms with van der Waals surface area (Å²) < 4.78 is 0. The third-order valence-electron chi connectivity index (χ3n) is 5.40. The molecule has 4 atom stereocenters. The number of benzene rings is 1. The van der Waals surface area contributed by atoms with Crippen LogP contribution in [0.3, 0.4) is 0 Å². The molecule has 10 nitrogen and oxygen atoms in total. The molecule has 4 unspecified atom stereocenters. The Bertz CT molecular complexity index is 1040. The lowest BCUT2D eigenvalue weighted by Gasteiger charge is -2.25. The predicted octanol–water partition coefficient (Wildman–Crippen LogP) is 0.482. The summed E-state index contributed by atoms with van der Waals surface area (Å²) in [5.74, 6) is -2.95. The summed E-state index contributed by atoms with van der Waals surface area (Å²) in [6, 6.07) is 3.31. The quantitative estimate of drug-likeness (QED) is 0.178. The van der Waals surface area contributed by atoms with Crippen molar-refractivity contribution in [3.05, 3.63) is 36.0 Å². The van der Waals surface area contributed by atoms with Crippen LogP contribution in [0.2, 0.25) is 0 Å². The van der Waals surface area contributed by atoms with Gasteiger partial charge in [0.1, 0.15) is 18.1 Å². The van der Waals surface area contributed by atoms with E-state index in [9.17, 15) is 24.3 Å². The highest BCUT2D eigenvalue weighted by Gasteiger charge is 2.30. The second-order valence-corrected chi connectivity index (χ2v) is 9.42. The van der Waals surface area contributed by atoms with Gasteiger partial charge in [-0.1, -0.05) is 32.0 Å². The van der Waals surface area contributed by atoms with E-state index in [0.29, 0.717) is 0 Å². The zero-order chi connectivity index (χ0) is 26.1. The monoisotopic (exact) mass is 523 g/mol. The first-order chi connectivity index (χ1) is 16.6. The molecule has 0 radical (unpaired) electrons. The molecule has 3 amide bonds. The number of carboxylic acid groups (broad SMARTS) is 1. The van der Waals surface area contributed by atoms with E-state index >= 15 is 0 Å². The van der Waals surface area contributed by atoms with Crippen molar-refractivity contribution in [1.82, 2.24) is 20.9 Å². The molecule has 0 bridgehead atoms. The van der Waals surface area contributed by atoms with E-state index in [0.717, 1.165) is 16.5 Å². The first-order valence-electron chi connectivity index (χ1n) is 11.2. The van der Waals surface area contributed by atoms with Gasteiger partial charge in [0.2, 0.25) is 17.7 Å². The molecule has 7 N–H and O–H groups in total. The molecule has 12 heteroatoms. The molecule has 1 aromatic heterocycles. The van der Waals surface area contributed by atoms with Gasteiger partial charge in [-0.3, -0.25) is 14.4 Å². The molecule has 1 aromatic carbocycles. The largest absolute Gasteiger partial charge is 0.480 e. The van der Waals surface area contributed by atoms with E-state index < -0.39 is 47.9 Å². The molecule has 0 saturated carbocycles. The highest BCUT2D eigenvalue weighted by atomic mass is 32.1. The van der Waals surface area contributed by atoms with E-state index in [2.05, 4.69) is 46.2 Å². The number of carboxylic acids is 1. The number of H-pyrrole nitrogens is 1. The summed E-state index contributed by atoms with van der Waals surface area (Å²) in [6.07, 6.45) is 2.06. The number of hydrogen-bond acceptors (Lipinski definition) is 7. The van der Waals surface area contributed by atoms with Gasteiger partial charge in [0.05, 0.1) is 6.04 Å². The van der Waals surface area contributed by atoms with Crippen LogP contribution < -0.4 is 21.7 Å². The topological polar surface area (TPSA) is 166 Å². The number of carbonyl (C=O) groups excluding carboxylic acids is 3. The van der Waals surface area contributed by atoms with Crippen molar-refractivity contribution in [3.63, 3.8) is 0 Å². The van der Waals surface area contributed by atoms with Crippen LogP contribution in [0.15, 0.2) is 30.5 Å². The van der Waals surface area contributed by atoms with Crippen molar-refractivity contribution in [2.75, 3.05) is 11.5 Å². The number of aromatic amines is 1. The fourth-order valence-electron chi connectivity index (χ4n) is 3.52. The number of fused-ring (bicyclic) bond motifs is 1. The second-order valence-electron chi connectivity index (χ2n) is 8.69. The molecule has 0 fully saturated rings. The Morgan fingerprint density at radius 1 is 0.943 bits per heavy atom. The van der Waals surface area contributed by atoms with Crippen LogP contribution in [-0.4, -0.2) is 69.5 Å². The third kappa shape index (κ3) is 8.18. The number of para-hydroxylation sites is 1. The molecule has 0 aliphatic carbocycles. The summed E-state index contributed by atoms with van der Waals surface area (Å²) in [5, 5.41) is 18.1. The smallest absolute Gasteiger partial charge is 0.326 e. The Kier molecular flexibility index (Phi) is 10.9. The minimum Gasteiger partial charge on any atom is -0.480 e. The minimum absolute atomic E-state index is 0.0258. The Balaban J connectivity index is 2.27. The second kappa shape index (κ2) is 13.4. The van der Waals surface area contributed by atoms with E-state index in [1.807, 2.05) is 38.1 Å². The Hall–Kier alpha value is -2.70. The fourth-order valence-corrected chi connectivity index (χ4v) is 3.95. The summed E-state index contributed by atoms with van der Waals surface area (Å²) in [5.41, 5.74) is 7.29. The van der Waals surface area contributed by atoms with E-state index in [1.54, 1.807) is 6.20 Å². The van der Waals surface area contributed by atoms with E-state index in [1.165, 1.54) is 0 Å². The molecule has 35 heavy (non-hydrogen) atoms. The van der Waals surface area contributed by atoms with Crippen molar-refractivity contribution in [3.8, 4) is 0 Å². The van der Waals surface area contributed by atoms with Crippen molar-refractivity contribution in [2.24, 2.45) is 11.7 Å². The normalized spacial score (nSPS) is 14.7. The van der Waals surface area contributed by atoms with Crippen LogP contribution in [0.5, 0.6) is 0 Å². The Labute approximate surface area is 215 Å². The molecule has 1 heterocycles. The van der Waals surface area contributed by atoms with Crippen molar-refractivity contribution in [1.29, 1.82) is 0 Å². The first-order valence-corrected chi connectivity index (χ1v) is 12.5. The van der Waals surface area contributed by atoms with Crippen LogP contribution in [0.1, 0.15) is 25.8 Å². The molecular weight excluding hydrogens is 490 g/mol. The lowest BCUT2D eigenvalue weighted by Crippen LogP contribution is -2.58. The number of thiol groups is 2.